The van der Waals surface area contributed by atoms with Gasteiger partial charge in [-0.2, -0.15) is 0 Å². The molecule has 2 N–H and O–H groups in total. The number of nitrogens with zero attached hydrogens (tertiary/aromatic N) is 1. The molecule has 0 spiro atoms. The topological polar surface area (TPSA) is 54.0 Å². The number of amides is 2. The number of thiazole rings is 1. The van der Waals surface area contributed by atoms with Crippen molar-refractivity contribution in [1.29, 1.82) is 0 Å². The minimum absolute atomic E-state index is 0.238. The quantitative estimate of drug-likeness (QED) is 0.724. The van der Waals surface area contributed by atoms with Crippen molar-refractivity contribution in [2.45, 2.75) is 18.8 Å². The lowest BCUT2D eigenvalue weighted by Gasteiger charge is -2.01. The van der Waals surface area contributed by atoms with E-state index in [4.69, 9.17) is 0 Å². The molecule has 2 heterocycles. The Morgan fingerprint density at radius 3 is 2.86 bits per heavy atom. The number of benzene rings is 1. The van der Waals surface area contributed by atoms with Gasteiger partial charge >= 0.3 is 6.03 Å². The molecule has 2 aromatic heterocycles. The second-order valence-electron chi connectivity index (χ2n) is 5.07. The molecule has 4 nitrogen and oxygen atoms in total. The summed E-state index contributed by atoms with van der Waals surface area (Å²) in [4.78, 5) is 17.5. The molecule has 0 unspecified atom stereocenters. The predicted octanol–water partition coefficient (Wildman–Crippen LogP) is 4.88. The maximum Gasteiger partial charge on any atom is 0.326 e. The van der Waals surface area contributed by atoms with Crippen LogP contribution >= 0.6 is 22.7 Å². The minimum Gasteiger partial charge on any atom is -0.299 e. The van der Waals surface area contributed by atoms with Crippen molar-refractivity contribution in [2.24, 2.45) is 0 Å². The molecule has 106 valence electrons. The van der Waals surface area contributed by atoms with Crippen molar-refractivity contribution >= 4 is 48.9 Å². The van der Waals surface area contributed by atoms with E-state index >= 15 is 0 Å². The van der Waals surface area contributed by atoms with Gasteiger partial charge in [0.25, 0.3) is 0 Å². The largest absolute Gasteiger partial charge is 0.326 e. The number of carbonyl (C=O) groups excluding carboxylic acids is 1. The number of urea groups is 1. The number of thiophene rings is 1. The van der Waals surface area contributed by atoms with Gasteiger partial charge in [0, 0.05) is 15.8 Å². The zero-order valence-corrected chi connectivity index (χ0v) is 12.8. The monoisotopic (exact) mass is 315 g/mol. The summed E-state index contributed by atoms with van der Waals surface area (Å²) in [7, 11) is 0. The molecule has 0 bridgehead atoms. The summed E-state index contributed by atoms with van der Waals surface area (Å²) < 4.78 is 1.16. The molecule has 0 aliphatic heterocycles. The van der Waals surface area contributed by atoms with E-state index in [1.165, 1.54) is 17.7 Å². The van der Waals surface area contributed by atoms with Gasteiger partial charge in [0.1, 0.15) is 0 Å². The Labute approximate surface area is 129 Å². The molecule has 4 rings (SSSR count). The van der Waals surface area contributed by atoms with Crippen LogP contribution in [0.4, 0.5) is 14.9 Å². The number of hydrogen-bond acceptors (Lipinski definition) is 4. The van der Waals surface area contributed by atoms with E-state index in [-0.39, 0.29) is 6.03 Å². The van der Waals surface area contributed by atoms with Gasteiger partial charge < -0.3 is 0 Å². The maximum absolute atomic E-state index is 12.0. The van der Waals surface area contributed by atoms with Crippen molar-refractivity contribution < 1.29 is 4.79 Å². The summed E-state index contributed by atoms with van der Waals surface area (Å²) in [5.41, 5.74) is 0. The summed E-state index contributed by atoms with van der Waals surface area (Å²) in [5.74, 6) is 0.670. The fourth-order valence-electron chi connectivity index (χ4n) is 2.18. The van der Waals surface area contributed by atoms with Gasteiger partial charge in [-0.3, -0.25) is 10.6 Å². The Kier molecular flexibility index (Phi) is 3.12. The van der Waals surface area contributed by atoms with Crippen molar-refractivity contribution in [3.8, 4) is 0 Å². The van der Waals surface area contributed by atoms with Gasteiger partial charge in [-0.05, 0) is 36.3 Å². The molecule has 1 aliphatic rings. The first-order valence-corrected chi connectivity index (χ1v) is 8.43. The number of carbonyl (C=O) groups is 1. The SMILES string of the molecule is O=C(Nc1cc2ccccc2s1)Nc1ncc(C2CC2)s1. The first-order valence-electron chi connectivity index (χ1n) is 6.80. The third kappa shape index (κ3) is 2.77. The van der Waals surface area contributed by atoms with Crippen LogP contribution in [-0.2, 0) is 0 Å². The highest BCUT2D eigenvalue weighted by molar-refractivity contribution is 7.23. The summed E-state index contributed by atoms with van der Waals surface area (Å²) >= 11 is 3.14. The van der Waals surface area contributed by atoms with E-state index in [1.54, 1.807) is 22.7 Å². The van der Waals surface area contributed by atoms with Crippen LogP contribution in [0.25, 0.3) is 10.1 Å². The molecular formula is C15H13N3OS2. The van der Waals surface area contributed by atoms with Crippen LogP contribution in [0, 0.1) is 0 Å². The molecule has 2 amide bonds. The standard InChI is InChI=1S/C15H13N3OS2/c19-14(18-15-16-8-12(21-15)9-5-6-9)17-13-7-10-3-1-2-4-11(10)20-13/h1-4,7-9H,5-6H2,(H2,16,17,18,19). The minimum atomic E-state index is -0.238. The van der Waals surface area contributed by atoms with Gasteiger partial charge in [0.05, 0.1) is 5.00 Å². The predicted molar refractivity (Wildman–Crippen MR) is 88.6 cm³/mol. The fourth-order valence-corrected chi connectivity index (χ4v) is 4.12. The fraction of sp³-hybridized carbons (Fsp3) is 0.200. The molecule has 0 atom stereocenters. The number of anilines is 2. The molecule has 6 heteroatoms. The van der Waals surface area contributed by atoms with Gasteiger partial charge in [0.15, 0.2) is 5.13 Å². The first kappa shape index (κ1) is 12.8. The number of fused-ring (bicyclic) bond motifs is 1. The Hall–Kier alpha value is -1.92. The number of aromatic nitrogens is 1. The number of rotatable bonds is 3. The third-order valence-electron chi connectivity index (χ3n) is 3.39. The zero-order valence-electron chi connectivity index (χ0n) is 11.1. The van der Waals surface area contributed by atoms with Gasteiger partial charge in [-0.25, -0.2) is 9.78 Å². The summed E-state index contributed by atoms with van der Waals surface area (Å²) in [5, 5.41) is 8.32. The van der Waals surface area contributed by atoms with E-state index in [0.717, 1.165) is 15.1 Å². The maximum atomic E-state index is 12.0. The third-order valence-corrected chi connectivity index (χ3v) is 5.49. The molecule has 1 aromatic carbocycles. The Balaban J connectivity index is 1.44. The molecule has 0 saturated heterocycles. The average Bonchev–Trinajstić information content (AvgIpc) is 3.08. The van der Waals surface area contributed by atoms with E-state index in [2.05, 4.69) is 15.6 Å². The zero-order chi connectivity index (χ0) is 14.2. The molecule has 1 fully saturated rings. The normalized spacial score (nSPS) is 14.3. The van der Waals surface area contributed by atoms with Crippen LogP contribution < -0.4 is 10.6 Å². The van der Waals surface area contributed by atoms with Crippen molar-refractivity contribution in [1.82, 2.24) is 4.98 Å². The summed E-state index contributed by atoms with van der Waals surface area (Å²) in [6.45, 7) is 0. The van der Waals surface area contributed by atoms with Gasteiger partial charge in [-0.1, -0.05) is 18.2 Å². The lowest BCUT2D eigenvalue weighted by atomic mass is 10.3. The number of hydrogen-bond donors (Lipinski definition) is 2. The molecule has 1 aliphatic carbocycles. The van der Waals surface area contributed by atoms with Crippen LogP contribution in [0.5, 0.6) is 0 Å². The molecular weight excluding hydrogens is 302 g/mol. The highest BCUT2D eigenvalue weighted by atomic mass is 32.1. The smallest absolute Gasteiger partial charge is 0.299 e. The average molecular weight is 315 g/mol. The van der Waals surface area contributed by atoms with Crippen LogP contribution in [0.1, 0.15) is 23.6 Å². The lowest BCUT2D eigenvalue weighted by Crippen LogP contribution is -2.18. The second-order valence-corrected chi connectivity index (χ2v) is 7.22. The molecule has 1 saturated carbocycles. The highest BCUT2D eigenvalue weighted by Gasteiger charge is 2.25. The van der Waals surface area contributed by atoms with E-state index in [0.29, 0.717) is 11.0 Å². The second kappa shape index (κ2) is 5.13. The Morgan fingerprint density at radius 2 is 2.05 bits per heavy atom. The number of nitrogens with one attached hydrogen (secondary N) is 2. The molecule has 0 radical (unpaired) electrons. The van der Waals surface area contributed by atoms with Crippen LogP contribution in [0.3, 0.4) is 0 Å². The van der Waals surface area contributed by atoms with Crippen LogP contribution in [0.15, 0.2) is 36.5 Å². The first-order chi connectivity index (χ1) is 10.3. The van der Waals surface area contributed by atoms with Crippen molar-refractivity contribution in [3.05, 3.63) is 41.4 Å². The van der Waals surface area contributed by atoms with E-state index in [1.807, 2.05) is 36.5 Å². The van der Waals surface area contributed by atoms with Crippen LogP contribution in [0.2, 0.25) is 0 Å². The van der Waals surface area contributed by atoms with E-state index < -0.39 is 0 Å². The Bertz CT molecular complexity index is 771. The molecule has 3 aromatic rings. The van der Waals surface area contributed by atoms with Crippen molar-refractivity contribution in [3.63, 3.8) is 0 Å². The highest BCUT2D eigenvalue weighted by Crippen LogP contribution is 2.43. The van der Waals surface area contributed by atoms with Crippen LogP contribution in [-0.4, -0.2) is 11.0 Å². The van der Waals surface area contributed by atoms with Gasteiger partial charge in [0.2, 0.25) is 0 Å². The summed E-state index contributed by atoms with van der Waals surface area (Å²) in [6.07, 6.45) is 4.36. The summed E-state index contributed by atoms with van der Waals surface area (Å²) in [6, 6.07) is 9.82. The molecule has 21 heavy (non-hydrogen) atoms. The lowest BCUT2D eigenvalue weighted by molar-refractivity contribution is 0.262. The Morgan fingerprint density at radius 1 is 1.19 bits per heavy atom. The van der Waals surface area contributed by atoms with Gasteiger partial charge in [-0.15, -0.1) is 22.7 Å². The van der Waals surface area contributed by atoms with Crippen molar-refractivity contribution in [2.75, 3.05) is 10.6 Å². The van der Waals surface area contributed by atoms with E-state index in [9.17, 15) is 4.79 Å².